The molecule has 112 valence electrons. The number of hydrogen-bond donors (Lipinski definition) is 0. The molecule has 2 aromatic carbocycles. The van der Waals surface area contributed by atoms with E-state index in [1.807, 2.05) is 31.2 Å². The van der Waals surface area contributed by atoms with E-state index in [0.717, 1.165) is 0 Å². The SMILES string of the molecule is CCOc1ccccc1OCCOc1cccc(C)c1F. The van der Waals surface area contributed by atoms with Crippen molar-refractivity contribution in [2.45, 2.75) is 13.8 Å². The number of para-hydroxylation sites is 2. The average Bonchev–Trinajstić information content (AvgIpc) is 2.49. The number of benzene rings is 2. The van der Waals surface area contributed by atoms with Gasteiger partial charge < -0.3 is 14.2 Å². The Morgan fingerprint density at radius 2 is 1.38 bits per heavy atom. The topological polar surface area (TPSA) is 27.7 Å². The summed E-state index contributed by atoms with van der Waals surface area (Å²) in [7, 11) is 0. The summed E-state index contributed by atoms with van der Waals surface area (Å²) >= 11 is 0. The number of ether oxygens (including phenoxy) is 3. The van der Waals surface area contributed by atoms with Crippen LogP contribution >= 0.6 is 0 Å². The highest BCUT2D eigenvalue weighted by atomic mass is 19.1. The van der Waals surface area contributed by atoms with Gasteiger partial charge in [0.15, 0.2) is 23.1 Å². The predicted octanol–water partition coefficient (Wildman–Crippen LogP) is 3.99. The maximum absolute atomic E-state index is 13.7. The molecule has 0 unspecified atom stereocenters. The summed E-state index contributed by atoms with van der Waals surface area (Å²) in [5.41, 5.74) is 0.565. The summed E-state index contributed by atoms with van der Waals surface area (Å²) in [4.78, 5) is 0. The molecule has 0 aliphatic heterocycles. The molecule has 0 amide bonds. The van der Waals surface area contributed by atoms with Crippen LogP contribution in [-0.2, 0) is 0 Å². The molecule has 0 aliphatic carbocycles. The highest BCUT2D eigenvalue weighted by molar-refractivity contribution is 5.39. The zero-order valence-electron chi connectivity index (χ0n) is 12.3. The maximum atomic E-state index is 13.7. The van der Waals surface area contributed by atoms with E-state index < -0.39 is 0 Å². The molecule has 0 bridgehead atoms. The Morgan fingerprint density at radius 1 is 0.810 bits per heavy atom. The molecule has 21 heavy (non-hydrogen) atoms. The van der Waals surface area contributed by atoms with Crippen molar-refractivity contribution in [3.63, 3.8) is 0 Å². The van der Waals surface area contributed by atoms with Crippen LogP contribution in [0.3, 0.4) is 0 Å². The van der Waals surface area contributed by atoms with E-state index in [1.165, 1.54) is 0 Å². The molecule has 0 fully saturated rings. The fourth-order valence-electron chi connectivity index (χ4n) is 1.88. The van der Waals surface area contributed by atoms with Crippen LogP contribution in [0.4, 0.5) is 4.39 Å². The summed E-state index contributed by atoms with van der Waals surface area (Å²) < 4.78 is 30.2. The fourth-order valence-corrected chi connectivity index (χ4v) is 1.88. The van der Waals surface area contributed by atoms with Gasteiger partial charge in [-0.15, -0.1) is 0 Å². The van der Waals surface area contributed by atoms with Crippen LogP contribution < -0.4 is 14.2 Å². The van der Waals surface area contributed by atoms with Gasteiger partial charge in [-0.3, -0.25) is 0 Å². The third-order valence-corrected chi connectivity index (χ3v) is 2.90. The summed E-state index contributed by atoms with van der Waals surface area (Å²) in [5.74, 6) is 1.28. The molecule has 0 radical (unpaired) electrons. The Balaban J connectivity index is 1.86. The van der Waals surface area contributed by atoms with Crippen molar-refractivity contribution in [3.8, 4) is 17.2 Å². The molecule has 0 N–H and O–H groups in total. The van der Waals surface area contributed by atoms with Gasteiger partial charge in [-0.25, -0.2) is 4.39 Å². The van der Waals surface area contributed by atoms with Gasteiger partial charge in [-0.05, 0) is 37.6 Å². The smallest absolute Gasteiger partial charge is 0.167 e. The Labute approximate surface area is 124 Å². The molecule has 0 aromatic heterocycles. The Hall–Kier alpha value is -2.23. The highest BCUT2D eigenvalue weighted by Gasteiger charge is 2.06. The summed E-state index contributed by atoms with van der Waals surface area (Å²) in [6.45, 7) is 4.78. The lowest BCUT2D eigenvalue weighted by Crippen LogP contribution is -2.10. The van der Waals surface area contributed by atoms with E-state index in [-0.39, 0.29) is 18.2 Å². The first-order valence-electron chi connectivity index (χ1n) is 6.95. The number of rotatable bonds is 7. The van der Waals surface area contributed by atoms with Crippen molar-refractivity contribution in [2.75, 3.05) is 19.8 Å². The Kier molecular flexibility index (Phi) is 5.43. The number of aryl methyl sites for hydroxylation is 1. The maximum Gasteiger partial charge on any atom is 0.167 e. The van der Waals surface area contributed by atoms with Crippen LogP contribution in [-0.4, -0.2) is 19.8 Å². The first kappa shape index (κ1) is 15.2. The number of hydrogen-bond acceptors (Lipinski definition) is 3. The van der Waals surface area contributed by atoms with Crippen molar-refractivity contribution in [2.24, 2.45) is 0 Å². The summed E-state index contributed by atoms with van der Waals surface area (Å²) in [6.07, 6.45) is 0. The van der Waals surface area contributed by atoms with E-state index in [0.29, 0.717) is 30.3 Å². The van der Waals surface area contributed by atoms with Crippen LogP contribution in [0.2, 0.25) is 0 Å². The molecule has 0 aliphatic rings. The van der Waals surface area contributed by atoms with Crippen molar-refractivity contribution < 1.29 is 18.6 Å². The summed E-state index contributed by atoms with van der Waals surface area (Å²) in [6, 6.07) is 12.5. The fraction of sp³-hybridized carbons (Fsp3) is 0.294. The van der Waals surface area contributed by atoms with Gasteiger partial charge in [-0.2, -0.15) is 0 Å². The quantitative estimate of drug-likeness (QED) is 0.722. The van der Waals surface area contributed by atoms with E-state index in [9.17, 15) is 4.39 Å². The second-order valence-corrected chi connectivity index (χ2v) is 4.46. The monoisotopic (exact) mass is 290 g/mol. The molecule has 4 heteroatoms. The molecule has 3 nitrogen and oxygen atoms in total. The molecule has 0 atom stereocenters. The summed E-state index contributed by atoms with van der Waals surface area (Å²) in [5, 5.41) is 0. The Bertz CT molecular complexity index is 584. The third kappa shape index (κ3) is 4.12. The lowest BCUT2D eigenvalue weighted by molar-refractivity contribution is 0.203. The van der Waals surface area contributed by atoms with Crippen LogP contribution in [0.25, 0.3) is 0 Å². The Morgan fingerprint density at radius 3 is 2.05 bits per heavy atom. The van der Waals surface area contributed by atoms with E-state index >= 15 is 0 Å². The standard InChI is InChI=1S/C17H19FO3/c1-3-19-14-8-4-5-9-15(14)20-11-12-21-16-10-6-7-13(2)17(16)18/h4-10H,3,11-12H2,1-2H3. The van der Waals surface area contributed by atoms with Crippen LogP contribution in [0.5, 0.6) is 17.2 Å². The van der Waals surface area contributed by atoms with Gasteiger partial charge >= 0.3 is 0 Å². The minimum atomic E-state index is -0.327. The largest absolute Gasteiger partial charge is 0.490 e. The zero-order chi connectivity index (χ0) is 15.1. The van der Waals surface area contributed by atoms with E-state index in [1.54, 1.807) is 25.1 Å². The van der Waals surface area contributed by atoms with Crippen molar-refractivity contribution >= 4 is 0 Å². The second kappa shape index (κ2) is 7.53. The minimum absolute atomic E-state index is 0.247. The lowest BCUT2D eigenvalue weighted by atomic mass is 10.2. The molecule has 2 aromatic rings. The molecule has 0 saturated heterocycles. The van der Waals surface area contributed by atoms with Gasteiger partial charge in [0.1, 0.15) is 13.2 Å². The molecule has 0 spiro atoms. The first-order chi connectivity index (χ1) is 10.2. The van der Waals surface area contributed by atoms with E-state index in [2.05, 4.69) is 0 Å². The third-order valence-electron chi connectivity index (χ3n) is 2.90. The number of halogens is 1. The van der Waals surface area contributed by atoms with Gasteiger partial charge in [0, 0.05) is 0 Å². The van der Waals surface area contributed by atoms with Crippen molar-refractivity contribution in [3.05, 3.63) is 53.8 Å². The average molecular weight is 290 g/mol. The predicted molar refractivity (Wildman–Crippen MR) is 79.7 cm³/mol. The van der Waals surface area contributed by atoms with Crippen LogP contribution in [0.1, 0.15) is 12.5 Å². The lowest BCUT2D eigenvalue weighted by Gasteiger charge is -2.12. The van der Waals surface area contributed by atoms with Crippen molar-refractivity contribution in [1.29, 1.82) is 0 Å². The van der Waals surface area contributed by atoms with Crippen LogP contribution in [0.15, 0.2) is 42.5 Å². The van der Waals surface area contributed by atoms with Gasteiger partial charge in [0.05, 0.1) is 6.61 Å². The molecule has 0 heterocycles. The van der Waals surface area contributed by atoms with Gasteiger partial charge in [0.25, 0.3) is 0 Å². The normalized spacial score (nSPS) is 10.2. The molecular weight excluding hydrogens is 271 g/mol. The molecular formula is C17H19FO3. The zero-order valence-corrected chi connectivity index (χ0v) is 12.3. The van der Waals surface area contributed by atoms with Gasteiger partial charge in [-0.1, -0.05) is 24.3 Å². The van der Waals surface area contributed by atoms with Gasteiger partial charge in [0.2, 0.25) is 0 Å². The van der Waals surface area contributed by atoms with E-state index in [4.69, 9.17) is 14.2 Å². The molecule has 2 rings (SSSR count). The van der Waals surface area contributed by atoms with Crippen molar-refractivity contribution in [1.82, 2.24) is 0 Å². The first-order valence-corrected chi connectivity index (χ1v) is 6.95. The highest BCUT2D eigenvalue weighted by Crippen LogP contribution is 2.26. The molecule has 0 saturated carbocycles. The van der Waals surface area contributed by atoms with Crippen LogP contribution in [0, 0.1) is 12.7 Å². The second-order valence-electron chi connectivity index (χ2n) is 4.46. The minimum Gasteiger partial charge on any atom is -0.490 e.